The van der Waals surface area contributed by atoms with Gasteiger partial charge in [-0.05, 0) is 13.0 Å². The molecule has 0 spiro atoms. The lowest BCUT2D eigenvalue weighted by Crippen LogP contribution is -2.16. The van der Waals surface area contributed by atoms with E-state index in [9.17, 15) is 4.79 Å². The molecule has 0 aliphatic carbocycles. The van der Waals surface area contributed by atoms with Gasteiger partial charge in [0.1, 0.15) is 0 Å². The molecule has 1 unspecified atom stereocenters. The first-order chi connectivity index (χ1) is 5.60. The summed E-state index contributed by atoms with van der Waals surface area (Å²) in [6.45, 7) is 3.17. The highest BCUT2D eigenvalue weighted by Gasteiger charge is 2.06. The molecule has 0 saturated carbocycles. The van der Waals surface area contributed by atoms with Crippen LogP contribution in [0.5, 0.6) is 0 Å². The van der Waals surface area contributed by atoms with Gasteiger partial charge in [-0.1, -0.05) is 5.57 Å². The first-order valence-electron chi connectivity index (χ1n) is 3.53. The highest BCUT2D eigenvalue weighted by molar-refractivity contribution is 6.19. The Morgan fingerprint density at radius 3 is 2.50 bits per heavy atom. The van der Waals surface area contributed by atoms with Gasteiger partial charge in [0, 0.05) is 19.9 Å². The summed E-state index contributed by atoms with van der Waals surface area (Å²) in [5.74, 6) is 0.0293. The molecule has 0 fully saturated rings. The van der Waals surface area contributed by atoms with Gasteiger partial charge in [-0.25, -0.2) is 0 Å². The molecule has 0 aliphatic heterocycles. The molecule has 0 N–H and O–H groups in total. The number of hydrogen-bond acceptors (Lipinski definition) is 3. The zero-order chi connectivity index (χ0) is 9.56. The van der Waals surface area contributed by atoms with Crippen molar-refractivity contribution in [3.8, 4) is 0 Å². The second-order valence-electron chi connectivity index (χ2n) is 2.36. The van der Waals surface area contributed by atoms with Crippen molar-refractivity contribution in [3.63, 3.8) is 0 Å². The maximum absolute atomic E-state index is 10.5. The Balaban J connectivity index is 4.07. The number of methoxy groups -OCH3 is 1. The number of hydrogen-bond donors (Lipinski definition) is 0. The van der Waals surface area contributed by atoms with Crippen LogP contribution in [0.4, 0.5) is 0 Å². The summed E-state index contributed by atoms with van der Waals surface area (Å²) in [5, 5.41) is 0. The summed E-state index contributed by atoms with van der Waals surface area (Å²) < 4.78 is 9.63. The fraction of sp³-hybridized carbons (Fsp3) is 0.625. The first-order valence-corrected chi connectivity index (χ1v) is 4.07. The van der Waals surface area contributed by atoms with E-state index in [0.717, 1.165) is 5.57 Å². The van der Waals surface area contributed by atoms with Gasteiger partial charge in [-0.2, -0.15) is 0 Å². The van der Waals surface area contributed by atoms with Gasteiger partial charge in [-0.3, -0.25) is 4.79 Å². The fourth-order valence-electron chi connectivity index (χ4n) is 0.591. The number of ether oxygens (including phenoxy) is 2. The van der Waals surface area contributed by atoms with Crippen LogP contribution in [0.2, 0.25) is 0 Å². The monoisotopic (exact) mass is 192 g/mol. The van der Waals surface area contributed by atoms with E-state index in [-0.39, 0.29) is 5.97 Å². The molecule has 0 amide bonds. The third-order valence-corrected chi connectivity index (χ3v) is 1.57. The molecular weight excluding hydrogens is 180 g/mol. The zero-order valence-corrected chi connectivity index (χ0v) is 8.22. The Morgan fingerprint density at radius 1 is 1.58 bits per heavy atom. The molecule has 3 nitrogen and oxygen atoms in total. The third-order valence-electron chi connectivity index (χ3n) is 1.15. The van der Waals surface area contributed by atoms with Crippen molar-refractivity contribution >= 4 is 17.6 Å². The summed E-state index contributed by atoms with van der Waals surface area (Å²) in [5.41, 5.74) is 0.907. The Labute approximate surface area is 77.3 Å². The van der Waals surface area contributed by atoms with Crippen molar-refractivity contribution in [1.82, 2.24) is 0 Å². The molecule has 70 valence electrons. The van der Waals surface area contributed by atoms with Crippen molar-refractivity contribution in [2.45, 2.75) is 20.1 Å². The molecule has 0 aromatic carbocycles. The maximum atomic E-state index is 10.5. The van der Waals surface area contributed by atoms with Crippen LogP contribution in [0, 0.1) is 0 Å². The topological polar surface area (TPSA) is 35.5 Å². The molecule has 0 saturated heterocycles. The normalized spacial score (nSPS) is 14.2. The van der Waals surface area contributed by atoms with Crippen LogP contribution in [-0.4, -0.2) is 25.2 Å². The van der Waals surface area contributed by atoms with Crippen LogP contribution in [-0.2, 0) is 14.3 Å². The molecule has 4 heteroatoms. The van der Waals surface area contributed by atoms with E-state index < -0.39 is 6.29 Å². The first kappa shape index (κ1) is 11.5. The standard InChI is InChI=1S/C8H13ClO3/c1-6(5-9)4-8(11-3)12-7(2)10/h4,8H,5H2,1-3H3. The average Bonchev–Trinajstić information content (AvgIpc) is 2.02. The molecule has 0 aromatic rings. The van der Waals surface area contributed by atoms with E-state index in [0.29, 0.717) is 5.88 Å². The molecule has 1 atom stereocenters. The molecule has 0 aromatic heterocycles. The molecular formula is C8H13ClO3. The largest absolute Gasteiger partial charge is 0.432 e. The second kappa shape index (κ2) is 6.03. The van der Waals surface area contributed by atoms with E-state index in [2.05, 4.69) is 0 Å². The maximum Gasteiger partial charge on any atom is 0.305 e. The van der Waals surface area contributed by atoms with Crippen molar-refractivity contribution in [2.75, 3.05) is 13.0 Å². The Kier molecular flexibility index (Phi) is 5.76. The van der Waals surface area contributed by atoms with Gasteiger partial charge in [-0.15, -0.1) is 11.6 Å². The molecule has 0 rings (SSSR count). The lowest BCUT2D eigenvalue weighted by Gasteiger charge is -2.11. The zero-order valence-electron chi connectivity index (χ0n) is 7.46. The molecule has 0 aliphatic rings. The van der Waals surface area contributed by atoms with E-state index >= 15 is 0 Å². The summed E-state index contributed by atoms with van der Waals surface area (Å²) >= 11 is 5.53. The van der Waals surface area contributed by atoms with Crippen LogP contribution in [0.3, 0.4) is 0 Å². The van der Waals surface area contributed by atoms with E-state index in [1.165, 1.54) is 14.0 Å². The van der Waals surface area contributed by atoms with Crippen molar-refractivity contribution < 1.29 is 14.3 Å². The number of esters is 1. The van der Waals surface area contributed by atoms with Crippen molar-refractivity contribution in [2.24, 2.45) is 0 Å². The highest BCUT2D eigenvalue weighted by atomic mass is 35.5. The fourth-order valence-corrected chi connectivity index (χ4v) is 0.680. The summed E-state index contributed by atoms with van der Waals surface area (Å²) in [7, 11) is 1.46. The Bertz CT molecular complexity index is 177. The third kappa shape index (κ3) is 5.16. The van der Waals surface area contributed by atoms with Crippen LogP contribution in [0.25, 0.3) is 0 Å². The summed E-state index contributed by atoms with van der Waals surface area (Å²) in [6, 6.07) is 0. The Morgan fingerprint density at radius 2 is 2.17 bits per heavy atom. The smallest absolute Gasteiger partial charge is 0.305 e. The molecule has 12 heavy (non-hydrogen) atoms. The van der Waals surface area contributed by atoms with Gasteiger partial charge in [0.2, 0.25) is 6.29 Å². The Hall–Kier alpha value is -0.540. The molecule has 0 heterocycles. The second-order valence-corrected chi connectivity index (χ2v) is 2.63. The van der Waals surface area contributed by atoms with E-state index in [1.54, 1.807) is 6.08 Å². The van der Waals surface area contributed by atoms with Crippen LogP contribution in [0.1, 0.15) is 13.8 Å². The lowest BCUT2D eigenvalue weighted by molar-refractivity contribution is -0.162. The van der Waals surface area contributed by atoms with Crippen molar-refractivity contribution in [1.29, 1.82) is 0 Å². The minimum Gasteiger partial charge on any atom is -0.432 e. The number of alkyl halides is 1. The van der Waals surface area contributed by atoms with Gasteiger partial charge in [0.05, 0.1) is 0 Å². The average molecular weight is 193 g/mol. The minimum absolute atomic E-state index is 0.375. The van der Waals surface area contributed by atoms with Gasteiger partial charge in [0.15, 0.2) is 0 Å². The number of carbonyl (C=O) groups excluding carboxylic acids is 1. The van der Waals surface area contributed by atoms with Crippen LogP contribution >= 0.6 is 11.6 Å². The molecule has 0 radical (unpaired) electrons. The van der Waals surface area contributed by atoms with Gasteiger partial charge < -0.3 is 9.47 Å². The predicted octanol–water partition coefficient (Wildman–Crippen LogP) is 1.71. The highest BCUT2D eigenvalue weighted by Crippen LogP contribution is 2.03. The number of halogens is 1. The van der Waals surface area contributed by atoms with E-state index in [1.807, 2.05) is 6.92 Å². The van der Waals surface area contributed by atoms with Gasteiger partial charge in [0.25, 0.3) is 0 Å². The van der Waals surface area contributed by atoms with E-state index in [4.69, 9.17) is 21.1 Å². The quantitative estimate of drug-likeness (QED) is 0.295. The van der Waals surface area contributed by atoms with Gasteiger partial charge >= 0.3 is 5.97 Å². The predicted molar refractivity (Wildman–Crippen MR) is 47.0 cm³/mol. The SMILES string of the molecule is COC(C=C(C)CCl)OC(C)=O. The van der Waals surface area contributed by atoms with Crippen LogP contribution < -0.4 is 0 Å². The van der Waals surface area contributed by atoms with Crippen LogP contribution in [0.15, 0.2) is 11.6 Å². The molecule has 0 bridgehead atoms. The number of rotatable bonds is 4. The lowest BCUT2D eigenvalue weighted by atomic mass is 10.3. The summed E-state index contributed by atoms with van der Waals surface area (Å²) in [6.07, 6.45) is 1.04. The van der Waals surface area contributed by atoms with Crippen molar-refractivity contribution in [3.05, 3.63) is 11.6 Å². The number of carbonyl (C=O) groups is 1. The minimum atomic E-state index is -0.624. The number of allylic oxidation sites excluding steroid dienone is 1. The summed E-state index contributed by atoms with van der Waals surface area (Å²) in [4.78, 5) is 10.5.